The summed E-state index contributed by atoms with van der Waals surface area (Å²) in [6.07, 6.45) is 10.9. The van der Waals surface area contributed by atoms with E-state index in [2.05, 4.69) is 5.32 Å². The van der Waals surface area contributed by atoms with Crippen LogP contribution in [0.4, 0.5) is 0 Å². The van der Waals surface area contributed by atoms with Crippen molar-refractivity contribution in [2.45, 2.75) is 63.8 Å². The summed E-state index contributed by atoms with van der Waals surface area (Å²) in [5.74, 6) is -0.286. The van der Waals surface area contributed by atoms with Crippen LogP contribution in [-0.4, -0.2) is 47.6 Å². The van der Waals surface area contributed by atoms with Crippen LogP contribution in [0.25, 0.3) is 0 Å². The Bertz CT molecular complexity index is 351. The first-order chi connectivity index (χ1) is 10.2. The number of amides is 1. The summed E-state index contributed by atoms with van der Waals surface area (Å²) in [5, 5.41) is 12.3. The van der Waals surface area contributed by atoms with Gasteiger partial charge in [0.05, 0.1) is 6.04 Å². The van der Waals surface area contributed by atoms with Gasteiger partial charge in [0.2, 0.25) is 5.91 Å². The minimum absolute atomic E-state index is 0.0329. The Morgan fingerprint density at radius 2 is 1.76 bits per heavy atom. The monoisotopic (exact) mass is 296 g/mol. The molecule has 0 aromatic heterocycles. The molecule has 0 bridgehead atoms. The Hall–Kier alpha value is -1.10. The number of likely N-dealkylation sites (tertiary alicyclic amines) is 1. The van der Waals surface area contributed by atoms with Crippen molar-refractivity contribution in [1.29, 1.82) is 0 Å². The molecule has 1 saturated heterocycles. The van der Waals surface area contributed by atoms with E-state index in [1.54, 1.807) is 0 Å². The van der Waals surface area contributed by atoms with Crippen LogP contribution < -0.4 is 5.32 Å². The highest BCUT2D eigenvalue weighted by atomic mass is 16.4. The fourth-order valence-corrected chi connectivity index (χ4v) is 3.50. The smallest absolute Gasteiger partial charge is 0.323 e. The van der Waals surface area contributed by atoms with E-state index >= 15 is 0 Å². The van der Waals surface area contributed by atoms with Crippen LogP contribution in [0.5, 0.6) is 0 Å². The van der Waals surface area contributed by atoms with Crippen molar-refractivity contribution in [3.8, 4) is 0 Å². The van der Waals surface area contributed by atoms with E-state index in [-0.39, 0.29) is 18.5 Å². The number of carbonyl (C=O) groups is 2. The maximum atomic E-state index is 12.3. The molecule has 1 atom stereocenters. The number of carbonyl (C=O) groups excluding carboxylic acids is 1. The van der Waals surface area contributed by atoms with E-state index in [0.717, 1.165) is 19.4 Å². The normalized spacial score (nSPS) is 25.4. The van der Waals surface area contributed by atoms with E-state index in [0.29, 0.717) is 12.5 Å². The van der Waals surface area contributed by atoms with Gasteiger partial charge in [-0.05, 0) is 38.1 Å². The minimum atomic E-state index is -0.927. The van der Waals surface area contributed by atoms with Crippen molar-refractivity contribution >= 4 is 11.9 Å². The highest BCUT2D eigenvalue weighted by Gasteiger charge is 2.29. The average molecular weight is 296 g/mol. The molecule has 1 saturated carbocycles. The molecule has 0 radical (unpaired) electrons. The minimum Gasteiger partial charge on any atom is -0.480 e. The van der Waals surface area contributed by atoms with Gasteiger partial charge in [0.15, 0.2) is 0 Å². The molecule has 0 aromatic rings. The second kappa shape index (κ2) is 8.37. The molecule has 2 rings (SSSR count). The topological polar surface area (TPSA) is 69.6 Å². The summed E-state index contributed by atoms with van der Waals surface area (Å²) in [6, 6.07) is -0.177. The number of rotatable bonds is 5. The Balaban J connectivity index is 1.78. The summed E-state index contributed by atoms with van der Waals surface area (Å²) >= 11 is 0. The van der Waals surface area contributed by atoms with Gasteiger partial charge in [0.25, 0.3) is 0 Å². The van der Waals surface area contributed by atoms with Gasteiger partial charge in [-0.3, -0.25) is 9.59 Å². The summed E-state index contributed by atoms with van der Waals surface area (Å²) < 4.78 is 0. The molecular formula is C16H28N2O3. The van der Waals surface area contributed by atoms with Gasteiger partial charge in [0.1, 0.15) is 6.54 Å². The molecule has 0 spiro atoms. The van der Waals surface area contributed by atoms with Crippen molar-refractivity contribution in [1.82, 2.24) is 10.2 Å². The van der Waals surface area contributed by atoms with E-state index in [1.165, 1.54) is 49.8 Å². The van der Waals surface area contributed by atoms with Gasteiger partial charge in [-0.15, -0.1) is 0 Å². The van der Waals surface area contributed by atoms with Gasteiger partial charge < -0.3 is 15.3 Å². The van der Waals surface area contributed by atoms with Crippen molar-refractivity contribution in [2.24, 2.45) is 5.92 Å². The van der Waals surface area contributed by atoms with Crippen LogP contribution in [0.3, 0.4) is 0 Å². The molecule has 120 valence electrons. The number of piperidine rings is 1. The van der Waals surface area contributed by atoms with Crippen molar-refractivity contribution < 1.29 is 14.7 Å². The number of carboxylic acids is 1. The standard InChI is InChI=1S/C16H28N2O3/c19-15(20)12-18-10-6-9-14(16(18)21)17-11-13-7-4-2-1-3-5-8-13/h13-14,17H,1-12H2,(H,19,20). The molecule has 1 heterocycles. The molecule has 21 heavy (non-hydrogen) atoms. The van der Waals surface area contributed by atoms with E-state index in [9.17, 15) is 9.59 Å². The Kier molecular flexibility index (Phi) is 6.49. The number of hydrogen-bond donors (Lipinski definition) is 2. The van der Waals surface area contributed by atoms with Crippen molar-refractivity contribution in [3.63, 3.8) is 0 Å². The van der Waals surface area contributed by atoms with Gasteiger partial charge >= 0.3 is 5.97 Å². The van der Waals surface area contributed by atoms with Crippen LogP contribution in [0, 0.1) is 5.92 Å². The van der Waals surface area contributed by atoms with Gasteiger partial charge in [-0.1, -0.05) is 32.1 Å². The highest BCUT2D eigenvalue weighted by molar-refractivity contribution is 5.86. The molecule has 2 N–H and O–H groups in total. The summed E-state index contributed by atoms with van der Waals surface area (Å²) in [5.41, 5.74) is 0. The lowest BCUT2D eigenvalue weighted by atomic mass is 9.90. The van der Waals surface area contributed by atoms with E-state index in [4.69, 9.17) is 5.11 Å². The molecule has 5 nitrogen and oxygen atoms in total. The van der Waals surface area contributed by atoms with Crippen molar-refractivity contribution in [3.05, 3.63) is 0 Å². The summed E-state index contributed by atoms with van der Waals surface area (Å²) in [7, 11) is 0. The fourth-order valence-electron chi connectivity index (χ4n) is 3.50. The number of nitrogens with zero attached hydrogens (tertiary/aromatic N) is 1. The Morgan fingerprint density at radius 3 is 2.43 bits per heavy atom. The molecule has 2 aliphatic rings. The first-order valence-corrected chi connectivity index (χ1v) is 8.41. The van der Waals surface area contributed by atoms with E-state index < -0.39 is 5.97 Å². The second-order valence-corrected chi connectivity index (χ2v) is 6.47. The number of aliphatic carboxylic acids is 1. The molecule has 2 fully saturated rings. The van der Waals surface area contributed by atoms with Crippen LogP contribution in [-0.2, 0) is 9.59 Å². The number of hydrogen-bond acceptors (Lipinski definition) is 3. The maximum absolute atomic E-state index is 12.3. The van der Waals surface area contributed by atoms with Crippen molar-refractivity contribution in [2.75, 3.05) is 19.6 Å². The lowest BCUT2D eigenvalue weighted by Crippen LogP contribution is -2.52. The molecule has 1 unspecified atom stereocenters. The van der Waals surface area contributed by atoms with E-state index in [1.807, 2.05) is 0 Å². The third-order valence-electron chi connectivity index (χ3n) is 4.73. The molecule has 0 aromatic carbocycles. The number of nitrogens with one attached hydrogen (secondary N) is 1. The van der Waals surface area contributed by atoms with Crippen LogP contribution >= 0.6 is 0 Å². The van der Waals surface area contributed by atoms with Gasteiger partial charge in [-0.2, -0.15) is 0 Å². The average Bonchev–Trinajstić information content (AvgIpc) is 2.40. The predicted molar refractivity (Wildman–Crippen MR) is 81.0 cm³/mol. The largest absolute Gasteiger partial charge is 0.480 e. The zero-order chi connectivity index (χ0) is 15.1. The van der Waals surface area contributed by atoms with Gasteiger partial charge in [-0.25, -0.2) is 0 Å². The highest BCUT2D eigenvalue weighted by Crippen LogP contribution is 2.22. The Morgan fingerprint density at radius 1 is 1.10 bits per heavy atom. The predicted octanol–water partition coefficient (Wildman–Crippen LogP) is 2.01. The Labute approximate surface area is 127 Å². The SMILES string of the molecule is O=C(O)CN1CCCC(NCC2CCCCCCC2)C1=O. The quantitative estimate of drug-likeness (QED) is 0.814. The molecule has 1 amide bonds. The fraction of sp³-hybridized carbons (Fsp3) is 0.875. The molecule has 1 aliphatic heterocycles. The van der Waals surface area contributed by atoms with Crippen LogP contribution in [0.1, 0.15) is 57.8 Å². The lowest BCUT2D eigenvalue weighted by Gasteiger charge is -2.32. The number of carboxylic acid groups (broad SMARTS) is 1. The molecule has 5 heteroatoms. The van der Waals surface area contributed by atoms with Gasteiger partial charge in [0, 0.05) is 6.54 Å². The molecule has 1 aliphatic carbocycles. The first-order valence-electron chi connectivity index (χ1n) is 8.41. The lowest BCUT2D eigenvalue weighted by molar-refractivity contribution is -0.146. The molecular weight excluding hydrogens is 268 g/mol. The summed E-state index contributed by atoms with van der Waals surface area (Å²) in [4.78, 5) is 24.5. The third kappa shape index (κ3) is 5.30. The first kappa shape index (κ1) is 16.3. The van der Waals surface area contributed by atoms with Crippen LogP contribution in [0.15, 0.2) is 0 Å². The second-order valence-electron chi connectivity index (χ2n) is 6.47. The van der Waals surface area contributed by atoms with Crippen LogP contribution in [0.2, 0.25) is 0 Å². The third-order valence-corrected chi connectivity index (χ3v) is 4.73. The summed E-state index contributed by atoms with van der Waals surface area (Å²) in [6.45, 7) is 1.31. The maximum Gasteiger partial charge on any atom is 0.323 e. The zero-order valence-corrected chi connectivity index (χ0v) is 12.9. The zero-order valence-electron chi connectivity index (χ0n) is 12.9.